The fraction of sp³-hybridized carbons (Fsp3) is 0.348. The number of anilines is 1. The van der Waals surface area contributed by atoms with Crippen molar-refractivity contribution in [1.82, 2.24) is 15.2 Å². The number of carbonyl (C=O) groups is 1. The summed E-state index contributed by atoms with van der Waals surface area (Å²) in [6.07, 6.45) is 0. The Labute approximate surface area is 183 Å². The fourth-order valence-corrected chi connectivity index (χ4v) is 3.47. The molecular weight excluding hydrogens is 392 g/mol. The molecule has 2 amide bonds. The predicted molar refractivity (Wildman–Crippen MR) is 125 cm³/mol. The number of aliphatic hydroxyl groups excluding tert-OH is 1. The van der Waals surface area contributed by atoms with Crippen LogP contribution >= 0.6 is 0 Å². The molecule has 0 unspecified atom stereocenters. The summed E-state index contributed by atoms with van der Waals surface area (Å²) in [5.74, 6) is 0.362. The summed E-state index contributed by atoms with van der Waals surface area (Å²) in [5, 5.41) is 16.7. The van der Waals surface area contributed by atoms with Gasteiger partial charge in [0, 0.05) is 57.6 Å². The van der Waals surface area contributed by atoms with Gasteiger partial charge in [0.25, 0.3) is 0 Å². The zero-order chi connectivity index (χ0) is 22.1. The number of piperazine rings is 1. The second-order valence-corrected chi connectivity index (χ2v) is 7.36. The van der Waals surface area contributed by atoms with Crippen LogP contribution in [0, 0.1) is 0 Å². The van der Waals surface area contributed by atoms with Crippen LogP contribution in [0.25, 0.3) is 0 Å². The number of nitrogens with one attached hydrogen (secondary N) is 1. The number of carbonyl (C=O) groups excluding carboxylic acids is 1. The lowest BCUT2D eigenvalue weighted by atomic mass is 10.1. The Hall–Kier alpha value is -3.23. The smallest absolute Gasteiger partial charge is 0.337 e. The van der Waals surface area contributed by atoms with Gasteiger partial charge < -0.3 is 15.3 Å². The summed E-state index contributed by atoms with van der Waals surface area (Å²) < 4.78 is 0. The number of hydrogen-bond acceptors (Lipinski definition) is 5. The maximum atomic E-state index is 11.9. The lowest BCUT2D eigenvalue weighted by Crippen LogP contribution is -2.45. The molecule has 0 aliphatic carbocycles. The van der Waals surface area contributed by atoms with Gasteiger partial charge in [0.1, 0.15) is 0 Å². The molecule has 2 aromatic carbocycles. The van der Waals surface area contributed by atoms with E-state index in [0.717, 1.165) is 49.0 Å². The third-order valence-electron chi connectivity index (χ3n) is 5.19. The maximum Gasteiger partial charge on any atom is 0.337 e. The van der Waals surface area contributed by atoms with Crippen molar-refractivity contribution in [2.45, 2.75) is 6.54 Å². The molecule has 31 heavy (non-hydrogen) atoms. The van der Waals surface area contributed by atoms with E-state index in [0.29, 0.717) is 5.84 Å². The van der Waals surface area contributed by atoms with E-state index in [1.165, 1.54) is 12.6 Å². The van der Waals surface area contributed by atoms with Gasteiger partial charge in [-0.25, -0.2) is 14.8 Å². The molecule has 1 saturated heterocycles. The van der Waals surface area contributed by atoms with Crippen LogP contribution in [0.3, 0.4) is 0 Å². The van der Waals surface area contributed by atoms with Crippen LogP contribution in [0.4, 0.5) is 10.5 Å². The zero-order valence-electron chi connectivity index (χ0n) is 17.9. The average Bonchev–Trinajstić information content (AvgIpc) is 2.82. The number of nitrogens with zero attached hydrogens (tertiary/aromatic N) is 5. The van der Waals surface area contributed by atoms with Crippen LogP contribution in [0.15, 0.2) is 64.7 Å². The van der Waals surface area contributed by atoms with Crippen molar-refractivity contribution in [1.29, 1.82) is 0 Å². The van der Waals surface area contributed by atoms with Crippen molar-refractivity contribution in [2.24, 2.45) is 10.1 Å². The summed E-state index contributed by atoms with van der Waals surface area (Å²) in [7, 11) is 1.53. The molecular formula is C23H30N6O2. The summed E-state index contributed by atoms with van der Waals surface area (Å²) in [6, 6.07) is 18.1. The number of amides is 2. The molecule has 164 valence electrons. The quantitative estimate of drug-likeness (QED) is 0.406. The van der Waals surface area contributed by atoms with Crippen molar-refractivity contribution in [2.75, 3.05) is 51.3 Å². The summed E-state index contributed by atoms with van der Waals surface area (Å²) >= 11 is 0. The van der Waals surface area contributed by atoms with E-state index in [-0.39, 0.29) is 13.2 Å². The highest BCUT2D eigenvalue weighted by molar-refractivity contribution is 6.02. The predicted octanol–water partition coefficient (Wildman–Crippen LogP) is 2.00. The van der Waals surface area contributed by atoms with Crippen LogP contribution < -0.4 is 10.2 Å². The lowest BCUT2D eigenvalue weighted by Gasteiger charge is -2.36. The Bertz CT molecular complexity index is 877. The first-order valence-corrected chi connectivity index (χ1v) is 10.4. The minimum Gasteiger partial charge on any atom is -0.395 e. The molecule has 0 atom stereocenters. The van der Waals surface area contributed by atoms with Gasteiger partial charge in [0.15, 0.2) is 5.84 Å². The molecule has 1 heterocycles. The van der Waals surface area contributed by atoms with Crippen LogP contribution in [0.1, 0.15) is 11.1 Å². The molecule has 2 aromatic rings. The minimum atomic E-state index is -0.416. The molecule has 0 bridgehead atoms. The standard InChI is InChI=1S/C23H30N6O2/c1-24-22(26-27(2)23(31)25-12-17-30)20-8-10-21(11-9-20)29-15-13-28(14-16-29)18-19-6-4-3-5-7-19/h3-11,30H,1,12-18H2,2H3,(H,25,31). The monoisotopic (exact) mass is 422 g/mol. The number of hydrogen-bond donors (Lipinski definition) is 2. The number of benzene rings is 2. The van der Waals surface area contributed by atoms with Crippen molar-refractivity contribution in [3.05, 3.63) is 65.7 Å². The Morgan fingerprint density at radius 3 is 2.39 bits per heavy atom. The van der Waals surface area contributed by atoms with Gasteiger partial charge in [-0.1, -0.05) is 30.3 Å². The number of rotatable bonds is 7. The number of hydrazone groups is 1. The first kappa shape index (κ1) is 22.5. The molecule has 2 N–H and O–H groups in total. The van der Waals surface area contributed by atoms with Crippen molar-refractivity contribution >= 4 is 24.3 Å². The van der Waals surface area contributed by atoms with Gasteiger partial charge in [-0.2, -0.15) is 0 Å². The third-order valence-corrected chi connectivity index (χ3v) is 5.19. The van der Waals surface area contributed by atoms with E-state index < -0.39 is 6.03 Å². The normalized spacial score (nSPS) is 14.9. The largest absolute Gasteiger partial charge is 0.395 e. The van der Waals surface area contributed by atoms with Crippen molar-refractivity contribution in [3.8, 4) is 0 Å². The minimum absolute atomic E-state index is 0.127. The van der Waals surface area contributed by atoms with E-state index in [9.17, 15) is 4.79 Å². The lowest BCUT2D eigenvalue weighted by molar-refractivity contribution is 0.205. The Morgan fingerprint density at radius 1 is 1.10 bits per heavy atom. The van der Waals surface area contributed by atoms with Gasteiger partial charge in [-0.05, 0) is 36.5 Å². The molecule has 3 rings (SSSR count). The number of aliphatic imine (C=N–C) groups is 1. The van der Waals surface area contributed by atoms with Gasteiger partial charge in [0.05, 0.1) is 6.61 Å². The second kappa shape index (κ2) is 11.2. The van der Waals surface area contributed by atoms with Gasteiger partial charge in [0.2, 0.25) is 0 Å². The van der Waals surface area contributed by atoms with Gasteiger partial charge in [-0.15, -0.1) is 5.10 Å². The molecule has 1 aliphatic heterocycles. The first-order chi connectivity index (χ1) is 15.1. The molecule has 8 heteroatoms. The van der Waals surface area contributed by atoms with E-state index in [2.05, 4.69) is 68.3 Å². The average molecular weight is 423 g/mol. The molecule has 0 saturated carbocycles. The fourth-order valence-electron chi connectivity index (χ4n) is 3.47. The highest BCUT2D eigenvalue weighted by Crippen LogP contribution is 2.19. The van der Waals surface area contributed by atoms with Gasteiger partial charge in [-0.3, -0.25) is 4.90 Å². The molecule has 1 aliphatic rings. The SMILES string of the molecule is C=NC(=NN(C)C(=O)NCCO)c1ccc(N2CCN(Cc3ccccc3)CC2)cc1. The molecule has 0 aromatic heterocycles. The summed E-state index contributed by atoms with van der Waals surface area (Å²) in [4.78, 5) is 20.7. The van der Waals surface area contributed by atoms with Gasteiger partial charge >= 0.3 is 6.03 Å². The van der Waals surface area contributed by atoms with Crippen LogP contribution in [0.5, 0.6) is 0 Å². The molecule has 1 fully saturated rings. The molecule has 8 nitrogen and oxygen atoms in total. The maximum absolute atomic E-state index is 11.9. The number of amidine groups is 1. The van der Waals surface area contributed by atoms with E-state index in [1.807, 2.05) is 18.2 Å². The molecule has 0 radical (unpaired) electrons. The topological polar surface area (TPSA) is 83.8 Å². The van der Waals surface area contributed by atoms with Crippen molar-refractivity contribution in [3.63, 3.8) is 0 Å². The van der Waals surface area contributed by atoms with E-state index in [4.69, 9.17) is 5.11 Å². The second-order valence-electron chi connectivity index (χ2n) is 7.36. The third kappa shape index (κ3) is 6.37. The van der Waals surface area contributed by atoms with E-state index >= 15 is 0 Å². The van der Waals surface area contributed by atoms with E-state index in [1.54, 1.807) is 0 Å². The number of urea groups is 1. The van der Waals surface area contributed by atoms with Crippen LogP contribution in [0.2, 0.25) is 0 Å². The summed E-state index contributed by atoms with van der Waals surface area (Å²) in [5.41, 5.74) is 3.28. The van der Waals surface area contributed by atoms with Crippen molar-refractivity contribution < 1.29 is 9.90 Å². The Kier molecular flexibility index (Phi) is 8.14. The number of aliphatic hydroxyl groups is 1. The highest BCUT2D eigenvalue weighted by atomic mass is 16.3. The Balaban J connectivity index is 1.57. The van der Waals surface area contributed by atoms with Crippen LogP contribution in [-0.4, -0.2) is 80.0 Å². The highest BCUT2D eigenvalue weighted by Gasteiger charge is 2.17. The molecule has 0 spiro atoms. The Morgan fingerprint density at radius 2 is 1.77 bits per heavy atom. The summed E-state index contributed by atoms with van der Waals surface area (Å²) in [6.45, 7) is 8.58. The van der Waals surface area contributed by atoms with Crippen LogP contribution in [-0.2, 0) is 6.54 Å². The first-order valence-electron chi connectivity index (χ1n) is 10.4. The zero-order valence-corrected chi connectivity index (χ0v) is 17.9.